The number of unbranched alkanes of at least 4 members (excludes halogenated alkanes) is 3. The van der Waals surface area contributed by atoms with Crippen LogP contribution in [0.3, 0.4) is 0 Å². The third kappa shape index (κ3) is 4.68. The molecule has 6 heteroatoms. The van der Waals surface area contributed by atoms with Gasteiger partial charge in [0.1, 0.15) is 0 Å². The van der Waals surface area contributed by atoms with Crippen molar-refractivity contribution in [3.05, 3.63) is 64.7 Å². The van der Waals surface area contributed by atoms with Gasteiger partial charge in [0, 0.05) is 43.4 Å². The van der Waals surface area contributed by atoms with Gasteiger partial charge in [0.25, 0.3) is 11.8 Å². The van der Waals surface area contributed by atoms with Crippen LogP contribution < -0.4 is 4.90 Å². The largest absolute Gasteiger partial charge is 0.369 e. The van der Waals surface area contributed by atoms with Crippen LogP contribution >= 0.6 is 11.6 Å². The Balaban J connectivity index is 1.11. The van der Waals surface area contributed by atoms with Gasteiger partial charge in [-0.1, -0.05) is 42.6 Å². The van der Waals surface area contributed by atoms with Gasteiger partial charge in [0.15, 0.2) is 0 Å². The summed E-state index contributed by atoms with van der Waals surface area (Å²) in [4.78, 5) is 31.1. The maximum atomic E-state index is 12.4. The zero-order chi connectivity index (χ0) is 20.9. The molecule has 2 heterocycles. The molecule has 0 bridgehead atoms. The minimum Gasteiger partial charge on any atom is -0.369 e. The molecule has 2 aromatic carbocycles. The van der Waals surface area contributed by atoms with E-state index in [4.69, 9.17) is 11.6 Å². The third-order valence-corrected chi connectivity index (χ3v) is 6.26. The number of carbonyl (C=O) groups is 2. The zero-order valence-corrected chi connectivity index (χ0v) is 18.0. The Kier molecular flexibility index (Phi) is 6.70. The summed E-state index contributed by atoms with van der Waals surface area (Å²) in [7, 11) is 0. The predicted molar refractivity (Wildman–Crippen MR) is 120 cm³/mol. The fourth-order valence-electron chi connectivity index (χ4n) is 4.30. The van der Waals surface area contributed by atoms with Crippen LogP contribution in [0.4, 0.5) is 5.69 Å². The fraction of sp³-hybridized carbons (Fsp3) is 0.417. The van der Waals surface area contributed by atoms with Crippen molar-refractivity contribution in [3.63, 3.8) is 0 Å². The number of hydrogen-bond acceptors (Lipinski definition) is 4. The SMILES string of the molecule is O=C1c2ccccc2C(=O)N1CCCCCCN1CCN(c2cccc(Cl)c2)CC1. The second kappa shape index (κ2) is 9.63. The van der Waals surface area contributed by atoms with Crippen LogP contribution in [0.25, 0.3) is 0 Å². The highest BCUT2D eigenvalue weighted by Gasteiger charge is 2.34. The van der Waals surface area contributed by atoms with Crippen molar-refractivity contribution >= 4 is 29.1 Å². The average molecular weight is 426 g/mol. The van der Waals surface area contributed by atoms with Crippen LogP contribution in [0.2, 0.25) is 5.02 Å². The van der Waals surface area contributed by atoms with Gasteiger partial charge in [-0.05, 0) is 49.7 Å². The Labute approximate surface area is 183 Å². The molecular weight excluding hydrogens is 398 g/mol. The van der Waals surface area contributed by atoms with E-state index in [-0.39, 0.29) is 11.8 Å². The van der Waals surface area contributed by atoms with E-state index in [2.05, 4.69) is 15.9 Å². The van der Waals surface area contributed by atoms with Gasteiger partial charge in [-0.3, -0.25) is 19.4 Å². The minimum atomic E-state index is -0.145. The average Bonchev–Trinajstić information content (AvgIpc) is 3.01. The van der Waals surface area contributed by atoms with Crippen LogP contribution in [0.5, 0.6) is 0 Å². The summed E-state index contributed by atoms with van der Waals surface area (Å²) in [5.74, 6) is -0.290. The summed E-state index contributed by atoms with van der Waals surface area (Å²) in [6.07, 6.45) is 4.18. The Hall–Kier alpha value is -2.37. The number of nitrogens with zero attached hydrogens (tertiary/aromatic N) is 3. The quantitative estimate of drug-likeness (QED) is 0.466. The van der Waals surface area contributed by atoms with E-state index in [1.165, 1.54) is 10.6 Å². The maximum Gasteiger partial charge on any atom is 0.261 e. The normalized spacial score (nSPS) is 17.0. The molecule has 5 nitrogen and oxygen atoms in total. The lowest BCUT2D eigenvalue weighted by molar-refractivity contribution is 0.0651. The van der Waals surface area contributed by atoms with Gasteiger partial charge >= 0.3 is 0 Å². The molecule has 158 valence electrons. The van der Waals surface area contributed by atoms with Crippen LogP contribution in [-0.2, 0) is 0 Å². The van der Waals surface area contributed by atoms with Gasteiger partial charge in [-0.25, -0.2) is 0 Å². The number of piperazine rings is 1. The van der Waals surface area contributed by atoms with Crippen molar-refractivity contribution in [1.29, 1.82) is 0 Å². The fourth-order valence-corrected chi connectivity index (χ4v) is 4.49. The van der Waals surface area contributed by atoms with Gasteiger partial charge in [-0.15, -0.1) is 0 Å². The number of fused-ring (bicyclic) bond motifs is 1. The highest BCUT2D eigenvalue weighted by Crippen LogP contribution is 2.23. The second-order valence-corrected chi connectivity index (χ2v) is 8.47. The molecule has 30 heavy (non-hydrogen) atoms. The molecule has 2 aromatic rings. The molecule has 2 aliphatic heterocycles. The molecule has 2 aliphatic rings. The maximum absolute atomic E-state index is 12.4. The number of benzene rings is 2. The van der Waals surface area contributed by atoms with Crippen molar-refractivity contribution in [2.75, 3.05) is 44.2 Å². The molecular formula is C24H28ClN3O2. The van der Waals surface area contributed by atoms with Crippen LogP contribution in [0, 0.1) is 0 Å². The molecule has 0 aromatic heterocycles. The predicted octanol–water partition coefficient (Wildman–Crippen LogP) is 4.32. The Bertz CT molecular complexity index is 874. The highest BCUT2D eigenvalue weighted by atomic mass is 35.5. The number of hydrogen-bond donors (Lipinski definition) is 0. The molecule has 1 saturated heterocycles. The van der Waals surface area contributed by atoms with E-state index in [1.54, 1.807) is 12.1 Å². The van der Waals surface area contributed by atoms with Gasteiger partial charge < -0.3 is 4.90 Å². The van der Waals surface area contributed by atoms with Crippen LogP contribution in [0.15, 0.2) is 48.5 Å². The van der Waals surface area contributed by atoms with E-state index in [0.29, 0.717) is 17.7 Å². The second-order valence-electron chi connectivity index (χ2n) is 8.03. The summed E-state index contributed by atoms with van der Waals surface area (Å²) >= 11 is 6.11. The zero-order valence-electron chi connectivity index (χ0n) is 17.2. The molecule has 4 rings (SSSR count). The van der Waals surface area contributed by atoms with Crippen molar-refractivity contribution in [1.82, 2.24) is 9.80 Å². The molecule has 0 aliphatic carbocycles. The number of amides is 2. The minimum absolute atomic E-state index is 0.145. The first-order valence-corrected chi connectivity index (χ1v) is 11.2. The number of carbonyl (C=O) groups excluding carboxylic acids is 2. The molecule has 0 atom stereocenters. The van der Waals surface area contributed by atoms with E-state index < -0.39 is 0 Å². The summed E-state index contributed by atoms with van der Waals surface area (Å²) < 4.78 is 0. The Morgan fingerprint density at radius 2 is 1.37 bits per heavy atom. The van der Waals surface area contributed by atoms with Gasteiger partial charge in [-0.2, -0.15) is 0 Å². The first-order chi connectivity index (χ1) is 14.6. The Morgan fingerprint density at radius 1 is 0.733 bits per heavy atom. The lowest BCUT2D eigenvalue weighted by atomic mass is 10.1. The smallest absolute Gasteiger partial charge is 0.261 e. The van der Waals surface area contributed by atoms with Crippen molar-refractivity contribution in [2.45, 2.75) is 25.7 Å². The monoisotopic (exact) mass is 425 g/mol. The number of anilines is 1. The topological polar surface area (TPSA) is 43.9 Å². The summed E-state index contributed by atoms with van der Waals surface area (Å²) in [5.41, 5.74) is 2.29. The Morgan fingerprint density at radius 3 is 2.00 bits per heavy atom. The van der Waals surface area contributed by atoms with E-state index >= 15 is 0 Å². The third-order valence-electron chi connectivity index (χ3n) is 6.03. The van der Waals surface area contributed by atoms with E-state index in [1.807, 2.05) is 30.3 Å². The van der Waals surface area contributed by atoms with E-state index in [0.717, 1.165) is 63.4 Å². The van der Waals surface area contributed by atoms with Crippen LogP contribution in [0.1, 0.15) is 46.4 Å². The number of halogens is 1. The molecule has 0 N–H and O–H groups in total. The van der Waals surface area contributed by atoms with Crippen molar-refractivity contribution < 1.29 is 9.59 Å². The molecule has 1 fully saturated rings. The van der Waals surface area contributed by atoms with Crippen molar-refractivity contribution in [2.24, 2.45) is 0 Å². The lowest BCUT2D eigenvalue weighted by Crippen LogP contribution is -2.46. The lowest BCUT2D eigenvalue weighted by Gasteiger charge is -2.36. The highest BCUT2D eigenvalue weighted by molar-refractivity contribution is 6.30. The van der Waals surface area contributed by atoms with E-state index in [9.17, 15) is 9.59 Å². The van der Waals surface area contributed by atoms with Gasteiger partial charge in [0.2, 0.25) is 0 Å². The first kappa shape index (κ1) is 20.9. The molecule has 0 radical (unpaired) electrons. The molecule has 2 amide bonds. The first-order valence-electron chi connectivity index (χ1n) is 10.8. The van der Waals surface area contributed by atoms with Crippen molar-refractivity contribution in [3.8, 4) is 0 Å². The number of imide groups is 1. The molecule has 0 spiro atoms. The molecule has 0 saturated carbocycles. The standard InChI is InChI=1S/C24H28ClN3O2/c25-19-8-7-9-20(18-19)27-16-14-26(15-17-27)12-5-1-2-6-13-28-23(29)21-10-3-4-11-22(21)24(28)30/h3-4,7-11,18H,1-2,5-6,12-17H2. The van der Waals surface area contributed by atoms with Gasteiger partial charge in [0.05, 0.1) is 11.1 Å². The summed E-state index contributed by atoms with van der Waals surface area (Å²) in [6, 6.07) is 15.2. The number of rotatable bonds is 8. The summed E-state index contributed by atoms with van der Waals surface area (Å²) in [6.45, 7) is 5.82. The molecule has 0 unspecified atom stereocenters. The van der Waals surface area contributed by atoms with Crippen LogP contribution in [-0.4, -0.2) is 60.9 Å². The summed E-state index contributed by atoms with van der Waals surface area (Å²) in [5, 5.41) is 0.788.